The molecule has 1 aliphatic heterocycles. The molecule has 1 aliphatic rings. The lowest BCUT2D eigenvalue weighted by atomic mass is 10.0. The first-order chi connectivity index (χ1) is 8.76. The van der Waals surface area contributed by atoms with E-state index in [1.54, 1.807) is 0 Å². The van der Waals surface area contributed by atoms with Crippen LogP contribution >= 0.6 is 0 Å². The average Bonchev–Trinajstić information content (AvgIpc) is 2.36. The van der Waals surface area contributed by atoms with Crippen molar-refractivity contribution in [1.82, 2.24) is 4.90 Å². The standard InChI is InChI=1S/C17H19N/c1-4-8-15-12-11-14-9-6-7-10-16(14)13-18(3)17(15)5-2/h4-12H,2,13H2,1,3H3/b8-4-,12-11-,17-15-. The Kier molecular flexibility index (Phi) is 3.83. The first kappa shape index (κ1) is 12.4. The van der Waals surface area contributed by atoms with E-state index < -0.39 is 0 Å². The molecule has 0 fully saturated rings. The Hall–Kier alpha value is -2.02. The second kappa shape index (κ2) is 5.54. The van der Waals surface area contributed by atoms with Crippen LogP contribution in [0.4, 0.5) is 0 Å². The normalized spacial score (nSPS) is 21.3. The number of benzene rings is 1. The quantitative estimate of drug-likeness (QED) is 0.746. The molecule has 92 valence electrons. The van der Waals surface area contributed by atoms with Gasteiger partial charge in [0.25, 0.3) is 0 Å². The van der Waals surface area contributed by atoms with Crippen LogP contribution in [0.3, 0.4) is 0 Å². The van der Waals surface area contributed by atoms with Gasteiger partial charge in [0.2, 0.25) is 0 Å². The molecule has 0 bridgehead atoms. The van der Waals surface area contributed by atoms with Gasteiger partial charge in [0.05, 0.1) is 0 Å². The fraction of sp³-hybridized carbons (Fsp3) is 0.176. The molecule has 1 aromatic rings. The third-order valence-corrected chi connectivity index (χ3v) is 3.15. The molecule has 1 heterocycles. The van der Waals surface area contributed by atoms with Crippen LogP contribution in [0.1, 0.15) is 18.1 Å². The van der Waals surface area contributed by atoms with Crippen LogP contribution in [0.25, 0.3) is 6.08 Å². The molecule has 0 atom stereocenters. The minimum atomic E-state index is 0.906. The number of rotatable bonds is 2. The summed E-state index contributed by atoms with van der Waals surface area (Å²) in [6.45, 7) is 6.87. The van der Waals surface area contributed by atoms with Gasteiger partial charge in [-0.05, 0) is 29.7 Å². The Bertz CT molecular complexity index is 532. The van der Waals surface area contributed by atoms with Crippen molar-refractivity contribution < 1.29 is 0 Å². The molecule has 0 aliphatic carbocycles. The monoisotopic (exact) mass is 237 g/mol. The van der Waals surface area contributed by atoms with E-state index in [-0.39, 0.29) is 0 Å². The smallest absolute Gasteiger partial charge is 0.0434 e. The van der Waals surface area contributed by atoms with Crippen molar-refractivity contribution in [2.75, 3.05) is 7.05 Å². The summed E-state index contributed by atoms with van der Waals surface area (Å²) >= 11 is 0. The topological polar surface area (TPSA) is 3.24 Å². The van der Waals surface area contributed by atoms with E-state index in [0.29, 0.717) is 0 Å². The molecular weight excluding hydrogens is 218 g/mol. The summed E-state index contributed by atoms with van der Waals surface area (Å²) in [7, 11) is 2.11. The molecule has 0 spiro atoms. The van der Waals surface area contributed by atoms with Gasteiger partial charge in [0.1, 0.15) is 0 Å². The molecule has 1 nitrogen and oxygen atoms in total. The van der Waals surface area contributed by atoms with E-state index in [1.165, 1.54) is 22.4 Å². The van der Waals surface area contributed by atoms with Gasteiger partial charge in [0, 0.05) is 19.3 Å². The zero-order chi connectivity index (χ0) is 13.0. The van der Waals surface area contributed by atoms with Crippen molar-refractivity contribution in [3.63, 3.8) is 0 Å². The molecule has 0 saturated heterocycles. The summed E-state index contributed by atoms with van der Waals surface area (Å²) in [5.41, 5.74) is 4.99. The van der Waals surface area contributed by atoms with Crippen molar-refractivity contribution in [2.45, 2.75) is 13.5 Å². The van der Waals surface area contributed by atoms with Crippen LogP contribution in [0.15, 0.2) is 66.4 Å². The van der Waals surface area contributed by atoms with Gasteiger partial charge >= 0.3 is 0 Å². The maximum absolute atomic E-state index is 3.93. The maximum atomic E-state index is 3.93. The first-order valence-electron chi connectivity index (χ1n) is 6.22. The zero-order valence-electron chi connectivity index (χ0n) is 11.1. The third kappa shape index (κ3) is 2.45. The van der Waals surface area contributed by atoms with Crippen molar-refractivity contribution in [3.05, 3.63) is 77.5 Å². The molecule has 1 aromatic carbocycles. The zero-order valence-corrected chi connectivity index (χ0v) is 11.1. The van der Waals surface area contributed by atoms with Crippen LogP contribution in [0.5, 0.6) is 0 Å². The summed E-state index contributed by atoms with van der Waals surface area (Å²) in [6.07, 6.45) is 10.4. The third-order valence-electron chi connectivity index (χ3n) is 3.15. The minimum Gasteiger partial charge on any atom is -0.370 e. The highest BCUT2D eigenvalue weighted by Crippen LogP contribution is 2.23. The Balaban J connectivity index is 2.54. The van der Waals surface area contributed by atoms with Crippen LogP contribution in [0.2, 0.25) is 0 Å². The highest BCUT2D eigenvalue weighted by Gasteiger charge is 2.10. The SMILES string of the molecule is C=C/C1=C(\C=C/C)/C=C\c2ccccc2CN1C. The Morgan fingerprint density at radius 3 is 2.72 bits per heavy atom. The summed E-state index contributed by atoms with van der Waals surface area (Å²) in [6, 6.07) is 8.51. The molecule has 1 heteroatoms. The number of hydrogen-bond donors (Lipinski definition) is 0. The summed E-state index contributed by atoms with van der Waals surface area (Å²) in [4.78, 5) is 2.24. The van der Waals surface area contributed by atoms with Crippen molar-refractivity contribution in [1.29, 1.82) is 0 Å². The molecule has 0 N–H and O–H groups in total. The van der Waals surface area contributed by atoms with Crippen LogP contribution in [0, 0.1) is 0 Å². The lowest BCUT2D eigenvalue weighted by Gasteiger charge is -2.25. The van der Waals surface area contributed by atoms with Gasteiger partial charge < -0.3 is 4.90 Å². The molecule has 0 amide bonds. The van der Waals surface area contributed by atoms with Crippen LogP contribution in [-0.2, 0) is 6.54 Å². The Morgan fingerprint density at radius 2 is 2.00 bits per heavy atom. The van der Waals surface area contributed by atoms with Gasteiger partial charge in [-0.1, -0.05) is 55.1 Å². The lowest BCUT2D eigenvalue weighted by molar-refractivity contribution is 0.421. The van der Waals surface area contributed by atoms with Gasteiger partial charge in [-0.15, -0.1) is 0 Å². The lowest BCUT2D eigenvalue weighted by Crippen LogP contribution is -2.18. The fourth-order valence-electron chi connectivity index (χ4n) is 2.26. The second-order valence-electron chi connectivity index (χ2n) is 4.43. The van der Waals surface area contributed by atoms with Gasteiger partial charge in [0.15, 0.2) is 0 Å². The number of allylic oxidation sites excluding steroid dienone is 5. The van der Waals surface area contributed by atoms with E-state index in [9.17, 15) is 0 Å². The van der Waals surface area contributed by atoms with Gasteiger partial charge in [-0.25, -0.2) is 0 Å². The molecule has 0 saturated carbocycles. The van der Waals surface area contributed by atoms with Crippen LogP contribution in [-0.4, -0.2) is 11.9 Å². The van der Waals surface area contributed by atoms with Gasteiger partial charge in [-0.2, -0.15) is 0 Å². The van der Waals surface area contributed by atoms with Gasteiger partial charge in [-0.3, -0.25) is 0 Å². The number of nitrogens with zero attached hydrogens (tertiary/aromatic N) is 1. The predicted molar refractivity (Wildman–Crippen MR) is 79.0 cm³/mol. The molecule has 0 aromatic heterocycles. The summed E-state index contributed by atoms with van der Waals surface area (Å²) < 4.78 is 0. The Labute approximate surface area is 109 Å². The summed E-state index contributed by atoms with van der Waals surface area (Å²) in [5.74, 6) is 0. The largest absolute Gasteiger partial charge is 0.370 e. The van der Waals surface area contributed by atoms with Crippen LogP contribution < -0.4 is 0 Å². The molecule has 0 radical (unpaired) electrons. The number of hydrogen-bond acceptors (Lipinski definition) is 1. The number of fused-ring (bicyclic) bond motifs is 1. The molecule has 18 heavy (non-hydrogen) atoms. The number of likely N-dealkylation sites (N-methyl/N-ethyl adjacent to an activating group) is 1. The maximum Gasteiger partial charge on any atom is 0.0434 e. The molecule has 2 rings (SSSR count). The summed E-state index contributed by atoms with van der Waals surface area (Å²) in [5, 5.41) is 0. The fourth-order valence-corrected chi connectivity index (χ4v) is 2.26. The minimum absolute atomic E-state index is 0.906. The van der Waals surface area contributed by atoms with Crippen molar-refractivity contribution in [2.24, 2.45) is 0 Å². The predicted octanol–water partition coefficient (Wildman–Crippen LogP) is 4.16. The molecular formula is C17H19N. The first-order valence-corrected chi connectivity index (χ1v) is 6.22. The highest BCUT2D eigenvalue weighted by molar-refractivity contribution is 5.60. The highest BCUT2D eigenvalue weighted by atomic mass is 15.1. The van der Waals surface area contributed by atoms with E-state index in [1.807, 2.05) is 13.0 Å². The average molecular weight is 237 g/mol. The second-order valence-corrected chi connectivity index (χ2v) is 4.43. The van der Waals surface area contributed by atoms with Crippen molar-refractivity contribution >= 4 is 6.08 Å². The van der Waals surface area contributed by atoms with E-state index in [4.69, 9.17) is 0 Å². The van der Waals surface area contributed by atoms with E-state index >= 15 is 0 Å². The Morgan fingerprint density at radius 1 is 1.22 bits per heavy atom. The van der Waals surface area contributed by atoms with E-state index in [2.05, 4.69) is 67.1 Å². The van der Waals surface area contributed by atoms with Crippen molar-refractivity contribution in [3.8, 4) is 0 Å². The van der Waals surface area contributed by atoms with E-state index in [0.717, 1.165) is 6.54 Å². The molecule has 0 unspecified atom stereocenters.